The molecule has 0 spiro atoms. The zero-order chi connectivity index (χ0) is 24.2. The highest BCUT2D eigenvalue weighted by Crippen LogP contribution is 2.32. The molecule has 1 unspecified atom stereocenters. The van der Waals surface area contributed by atoms with E-state index >= 15 is 0 Å². The van der Waals surface area contributed by atoms with Crippen molar-refractivity contribution in [2.24, 2.45) is 0 Å². The lowest BCUT2D eigenvalue weighted by molar-refractivity contribution is 0.0933. The van der Waals surface area contributed by atoms with Crippen molar-refractivity contribution in [1.82, 2.24) is 15.1 Å². The van der Waals surface area contributed by atoms with Gasteiger partial charge in [0.1, 0.15) is 0 Å². The first-order valence-electron chi connectivity index (χ1n) is 10.8. The number of aromatic nitrogens is 2. The molecule has 1 heterocycles. The fourth-order valence-electron chi connectivity index (χ4n) is 3.86. The number of nitrogens with one attached hydrogen (secondary N) is 1. The van der Waals surface area contributed by atoms with Gasteiger partial charge in [0.25, 0.3) is 5.91 Å². The lowest BCUT2D eigenvalue weighted by Crippen LogP contribution is -2.28. The maximum Gasteiger partial charge on any atom is 0.272 e. The normalized spacial score (nSPS) is 11.6. The number of nitrogens with zero attached hydrogens (tertiary/aromatic N) is 3. The molecule has 4 rings (SSSR count). The van der Waals surface area contributed by atoms with E-state index < -0.39 is 0 Å². The lowest BCUT2D eigenvalue weighted by atomic mass is 10.0. The molecule has 1 amide bonds. The summed E-state index contributed by atoms with van der Waals surface area (Å²) < 4.78 is 2.72. The van der Waals surface area contributed by atoms with Gasteiger partial charge in [0.05, 0.1) is 29.9 Å². The Kier molecular flexibility index (Phi) is 7.16. The lowest BCUT2D eigenvalue weighted by Gasteiger charge is -2.14. The molecule has 0 aliphatic rings. The van der Waals surface area contributed by atoms with E-state index in [1.807, 2.05) is 74.5 Å². The second kappa shape index (κ2) is 10.3. The molecule has 0 saturated heterocycles. The van der Waals surface area contributed by atoms with E-state index in [1.165, 1.54) is 0 Å². The van der Waals surface area contributed by atoms with Crippen LogP contribution in [0.3, 0.4) is 0 Å². The maximum absolute atomic E-state index is 13.4. The maximum atomic E-state index is 13.4. The quantitative estimate of drug-likeness (QED) is 0.296. The van der Waals surface area contributed by atoms with Crippen LogP contribution in [-0.4, -0.2) is 15.7 Å². The molecule has 0 aliphatic heterocycles. The van der Waals surface area contributed by atoms with Gasteiger partial charge in [0.2, 0.25) is 0 Å². The number of halogens is 2. The van der Waals surface area contributed by atoms with Gasteiger partial charge in [-0.1, -0.05) is 70.0 Å². The summed E-state index contributed by atoms with van der Waals surface area (Å²) in [5.41, 5.74) is 5.15. The van der Waals surface area contributed by atoms with Crippen LogP contribution in [0, 0.1) is 18.3 Å². The highest BCUT2D eigenvalue weighted by molar-refractivity contribution is 9.10. The van der Waals surface area contributed by atoms with Crippen LogP contribution >= 0.6 is 27.5 Å². The number of para-hydroxylation sites is 1. The summed E-state index contributed by atoms with van der Waals surface area (Å²) >= 11 is 9.56. The Bertz CT molecular complexity index is 1370. The number of hydrogen-bond donors (Lipinski definition) is 1. The summed E-state index contributed by atoms with van der Waals surface area (Å²) in [6, 6.07) is 24.9. The largest absolute Gasteiger partial charge is 0.344 e. The summed E-state index contributed by atoms with van der Waals surface area (Å²) in [5.74, 6) is -0.330. The molecule has 1 aromatic heterocycles. The van der Waals surface area contributed by atoms with Gasteiger partial charge in [0, 0.05) is 20.6 Å². The summed E-state index contributed by atoms with van der Waals surface area (Å²) in [4.78, 5) is 13.4. The molecular formula is C27H22BrClN4O. The minimum Gasteiger partial charge on any atom is -0.344 e. The predicted octanol–water partition coefficient (Wildman–Crippen LogP) is 6.82. The monoisotopic (exact) mass is 532 g/mol. The van der Waals surface area contributed by atoms with E-state index in [0.717, 1.165) is 26.9 Å². The van der Waals surface area contributed by atoms with Crippen molar-refractivity contribution in [3.05, 3.63) is 105 Å². The van der Waals surface area contributed by atoms with Crippen LogP contribution in [0.5, 0.6) is 0 Å². The molecule has 0 saturated carbocycles. The fraction of sp³-hybridized carbons (Fsp3) is 0.148. The zero-order valence-corrected chi connectivity index (χ0v) is 21.1. The molecule has 34 heavy (non-hydrogen) atoms. The van der Waals surface area contributed by atoms with Crippen molar-refractivity contribution in [1.29, 1.82) is 5.26 Å². The van der Waals surface area contributed by atoms with Crippen LogP contribution in [0.4, 0.5) is 0 Å². The first-order chi connectivity index (χ1) is 16.4. The van der Waals surface area contributed by atoms with Gasteiger partial charge >= 0.3 is 0 Å². The third-order valence-corrected chi connectivity index (χ3v) is 6.41. The van der Waals surface area contributed by atoms with Crippen LogP contribution in [0.25, 0.3) is 16.9 Å². The van der Waals surface area contributed by atoms with Crippen molar-refractivity contribution < 1.29 is 4.79 Å². The number of aryl methyl sites for hydroxylation is 1. The molecule has 0 fully saturated rings. The van der Waals surface area contributed by atoms with Gasteiger partial charge in [-0.05, 0) is 55.3 Å². The van der Waals surface area contributed by atoms with E-state index in [9.17, 15) is 10.1 Å². The minimum atomic E-state index is -0.330. The third kappa shape index (κ3) is 4.91. The number of rotatable bonds is 6. The summed E-state index contributed by atoms with van der Waals surface area (Å²) in [6.45, 7) is 3.91. The summed E-state index contributed by atoms with van der Waals surface area (Å²) in [5, 5.41) is 18.0. The minimum absolute atomic E-state index is 0.0409. The molecule has 0 aliphatic carbocycles. The highest BCUT2D eigenvalue weighted by Gasteiger charge is 2.26. The molecule has 170 valence electrons. The molecule has 3 aromatic carbocycles. The second-order valence-corrected chi connectivity index (χ2v) is 9.31. The van der Waals surface area contributed by atoms with Gasteiger partial charge < -0.3 is 5.32 Å². The van der Waals surface area contributed by atoms with Crippen molar-refractivity contribution in [2.45, 2.75) is 26.3 Å². The molecule has 0 bridgehead atoms. The summed E-state index contributed by atoms with van der Waals surface area (Å²) in [7, 11) is 0. The average molecular weight is 534 g/mol. The Labute approximate surface area is 212 Å². The van der Waals surface area contributed by atoms with Crippen LogP contribution in [0.15, 0.2) is 77.3 Å². The number of carbonyl (C=O) groups is 1. The fourth-order valence-corrected chi connectivity index (χ4v) is 4.25. The van der Waals surface area contributed by atoms with Gasteiger partial charge in [-0.2, -0.15) is 10.4 Å². The third-order valence-electron chi connectivity index (χ3n) is 5.63. The van der Waals surface area contributed by atoms with Crippen LogP contribution < -0.4 is 5.32 Å². The number of nitriles is 1. The highest BCUT2D eigenvalue weighted by atomic mass is 79.9. The van der Waals surface area contributed by atoms with Crippen LogP contribution in [0.2, 0.25) is 5.02 Å². The molecule has 1 atom stereocenters. The molecule has 4 aromatic rings. The van der Waals surface area contributed by atoms with Gasteiger partial charge in [-0.3, -0.25) is 4.79 Å². The molecule has 7 heteroatoms. The van der Waals surface area contributed by atoms with Gasteiger partial charge in [-0.25, -0.2) is 4.68 Å². The van der Waals surface area contributed by atoms with E-state index in [4.69, 9.17) is 16.7 Å². The van der Waals surface area contributed by atoms with Crippen LogP contribution in [-0.2, 0) is 6.42 Å². The standard InChI is InChI=1S/C27H22BrClN4O/c1-17-5-3-4-6-24(17)33-26(20-9-13-22(29)14-10-20)23(15-16-30)25(32-33)27(34)31-18(2)19-7-11-21(28)12-8-19/h3-14,18H,15H2,1-2H3,(H,31,34). The van der Waals surface area contributed by atoms with Crippen molar-refractivity contribution in [3.63, 3.8) is 0 Å². The van der Waals surface area contributed by atoms with E-state index in [2.05, 4.69) is 27.3 Å². The first-order valence-corrected chi connectivity index (χ1v) is 11.9. The molecule has 0 radical (unpaired) electrons. The van der Waals surface area contributed by atoms with Crippen molar-refractivity contribution >= 4 is 33.4 Å². The average Bonchev–Trinajstić information content (AvgIpc) is 3.19. The SMILES string of the molecule is Cc1ccccc1-n1nc(C(=O)NC(C)c2ccc(Br)cc2)c(CC#N)c1-c1ccc(Cl)cc1. The molecule has 5 nitrogen and oxygen atoms in total. The summed E-state index contributed by atoms with van der Waals surface area (Å²) in [6.07, 6.45) is 0.0409. The topological polar surface area (TPSA) is 70.7 Å². The van der Waals surface area contributed by atoms with Gasteiger partial charge in [0.15, 0.2) is 5.69 Å². The van der Waals surface area contributed by atoms with E-state index in [1.54, 1.807) is 16.8 Å². The zero-order valence-electron chi connectivity index (χ0n) is 18.7. The van der Waals surface area contributed by atoms with E-state index in [-0.39, 0.29) is 24.1 Å². The Morgan fingerprint density at radius 1 is 1.12 bits per heavy atom. The number of hydrogen-bond acceptors (Lipinski definition) is 3. The van der Waals surface area contributed by atoms with Crippen molar-refractivity contribution in [2.75, 3.05) is 0 Å². The Morgan fingerprint density at radius 3 is 2.44 bits per heavy atom. The smallest absolute Gasteiger partial charge is 0.272 e. The van der Waals surface area contributed by atoms with Crippen LogP contribution in [0.1, 0.15) is 40.1 Å². The Morgan fingerprint density at radius 2 is 1.79 bits per heavy atom. The molecular weight excluding hydrogens is 512 g/mol. The number of benzene rings is 3. The van der Waals surface area contributed by atoms with Gasteiger partial charge in [-0.15, -0.1) is 0 Å². The van der Waals surface area contributed by atoms with E-state index in [0.29, 0.717) is 16.3 Å². The Balaban J connectivity index is 1.84. The Hall–Kier alpha value is -3.40. The predicted molar refractivity (Wildman–Crippen MR) is 138 cm³/mol. The first kappa shape index (κ1) is 23.7. The molecule has 1 N–H and O–H groups in total. The van der Waals surface area contributed by atoms with Crippen molar-refractivity contribution in [3.8, 4) is 23.0 Å². The number of amides is 1. The number of carbonyl (C=O) groups excluding carboxylic acids is 1. The second-order valence-electron chi connectivity index (χ2n) is 7.96.